The molecular weight excluding hydrogens is 310 g/mol. The molecule has 0 atom stereocenters. The first-order valence-electron chi connectivity index (χ1n) is 7.16. The molecule has 0 aliphatic heterocycles. The summed E-state index contributed by atoms with van der Waals surface area (Å²) >= 11 is 1.47. The van der Waals surface area contributed by atoms with Gasteiger partial charge in [0.1, 0.15) is 0 Å². The van der Waals surface area contributed by atoms with E-state index < -0.39 is 0 Å². The van der Waals surface area contributed by atoms with E-state index in [1.807, 2.05) is 10.6 Å². The fraction of sp³-hybridized carbons (Fsp3) is 0.118. The van der Waals surface area contributed by atoms with Gasteiger partial charge in [0.25, 0.3) is 5.69 Å². The highest BCUT2D eigenvalue weighted by Crippen LogP contribution is 2.32. The number of thiazole rings is 1. The van der Waals surface area contributed by atoms with Crippen LogP contribution in [0.4, 0.5) is 5.69 Å². The van der Waals surface area contributed by atoms with Gasteiger partial charge in [0.05, 0.1) is 20.8 Å². The van der Waals surface area contributed by atoms with Gasteiger partial charge in [0.15, 0.2) is 4.96 Å². The number of nitrogens with zero attached hydrogens (tertiary/aromatic N) is 3. The van der Waals surface area contributed by atoms with E-state index in [-0.39, 0.29) is 10.6 Å². The fourth-order valence-corrected chi connectivity index (χ4v) is 3.87. The summed E-state index contributed by atoms with van der Waals surface area (Å²) in [5, 5.41) is 10.9. The first kappa shape index (κ1) is 13.9. The summed E-state index contributed by atoms with van der Waals surface area (Å²) < 4.78 is 2.87. The van der Waals surface area contributed by atoms with Crippen molar-refractivity contribution in [3.8, 4) is 11.3 Å². The predicted octanol–water partition coefficient (Wildman–Crippen LogP) is 4.74. The van der Waals surface area contributed by atoms with Crippen LogP contribution >= 0.6 is 11.3 Å². The lowest BCUT2D eigenvalue weighted by Crippen LogP contribution is -1.87. The van der Waals surface area contributed by atoms with Gasteiger partial charge in [-0.2, -0.15) is 0 Å². The number of aryl methyl sites for hydroxylation is 2. The largest absolute Gasteiger partial charge is 0.290 e. The Morgan fingerprint density at radius 1 is 1.17 bits per heavy atom. The summed E-state index contributed by atoms with van der Waals surface area (Å²) in [7, 11) is 0. The molecule has 4 aromatic rings. The third kappa shape index (κ3) is 2.19. The van der Waals surface area contributed by atoms with Crippen LogP contribution in [0.3, 0.4) is 0 Å². The van der Waals surface area contributed by atoms with Crippen molar-refractivity contribution in [1.29, 1.82) is 0 Å². The Kier molecular flexibility index (Phi) is 2.96. The first-order valence-corrected chi connectivity index (χ1v) is 7.98. The Bertz CT molecular complexity index is 1080. The van der Waals surface area contributed by atoms with Crippen LogP contribution in [0, 0.1) is 24.0 Å². The zero-order valence-corrected chi connectivity index (χ0v) is 13.4. The van der Waals surface area contributed by atoms with Crippen LogP contribution < -0.4 is 0 Å². The molecule has 2 heterocycles. The third-order valence-electron chi connectivity index (χ3n) is 3.95. The monoisotopic (exact) mass is 323 g/mol. The summed E-state index contributed by atoms with van der Waals surface area (Å²) in [6, 6.07) is 11.2. The van der Waals surface area contributed by atoms with Crippen molar-refractivity contribution in [3.05, 3.63) is 63.8 Å². The topological polar surface area (TPSA) is 60.4 Å². The fourth-order valence-electron chi connectivity index (χ4n) is 2.83. The van der Waals surface area contributed by atoms with Crippen LogP contribution in [0.2, 0.25) is 0 Å². The van der Waals surface area contributed by atoms with E-state index in [0.717, 1.165) is 26.4 Å². The SMILES string of the molecule is Cc1ccc(-c2cn3c(n2)sc2cc([N+](=O)[O-])ccc23)c(C)c1. The van der Waals surface area contributed by atoms with Crippen LogP contribution in [0.15, 0.2) is 42.6 Å². The minimum atomic E-state index is -0.372. The molecule has 0 fully saturated rings. The smallest absolute Gasteiger partial charge is 0.270 e. The molecule has 0 aliphatic rings. The maximum atomic E-state index is 10.9. The van der Waals surface area contributed by atoms with E-state index in [9.17, 15) is 10.1 Å². The van der Waals surface area contributed by atoms with Crippen molar-refractivity contribution in [1.82, 2.24) is 9.38 Å². The molecule has 5 nitrogen and oxygen atoms in total. The third-order valence-corrected chi connectivity index (χ3v) is 4.96. The lowest BCUT2D eigenvalue weighted by atomic mass is 10.0. The molecule has 0 saturated heterocycles. The van der Waals surface area contributed by atoms with Crippen molar-refractivity contribution in [2.24, 2.45) is 0 Å². The molecule has 114 valence electrons. The highest BCUT2D eigenvalue weighted by Gasteiger charge is 2.14. The molecule has 0 aliphatic carbocycles. The van der Waals surface area contributed by atoms with Crippen molar-refractivity contribution in [2.75, 3.05) is 0 Å². The molecule has 0 amide bonds. The zero-order chi connectivity index (χ0) is 16.1. The molecule has 2 aromatic carbocycles. The molecule has 2 aromatic heterocycles. The Hall–Kier alpha value is -2.73. The summed E-state index contributed by atoms with van der Waals surface area (Å²) in [4.78, 5) is 16.1. The van der Waals surface area contributed by atoms with Crippen LogP contribution in [0.5, 0.6) is 0 Å². The molecule has 0 radical (unpaired) electrons. The van der Waals surface area contributed by atoms with E-state index in [1.165, 1.54) is 28.5 Å². The van der Waals surface area contributed by atoms with Gasteiger partial charge in [-0.15, -0.1) is 0 Å². The van der Waals surface area contributed by atoms with Crippen molar-refractivity contribution in [2.45, 2.75) is 13.8 Å². The van der Waals surface area contributed by atoms with Gasteiger partial charge in [-0.3, -0.25) is 14.5 Å². The van der Waals surface area contributed by atoms with Crippen molar-refractivity contribution >= 4 is 32.2 Å². The quantitative estimate of drug-likeness (QED) is 0.395. The molecule has 4 rings (SSSR count). The minimum absolute atomic E-state index is 0.108. The van der Waals surface area contributed by atoms with Crippen LogP contribution in [-0.2, 0) is 0 Å². The maximum Gasteiger partial charge on any atom is 0.270 e. The molecule has 0 unspecified atom stereocenters. The highest BCUT2D eigenvalue weighted by molar-refractivity contribution is 7.23. The predicted molar refractivity (Wildman–Crippen MR) is 92.1 cm³/mol. The number of benzene rings is 2. The van der Waals surface area contributed by atoms with Crippen LogP contribution in [-0.4, -0.2) is 14.3 Å². The second-order valence-corrected chi connectivity index (χ2v) is 6.62. The van der Waals surface area contributed by atoms with E-state index in [0.29, 0.717) is 0 Å². The number of hydrogen-bond acceptors (Lipinski definition) is 4. The number of fused-ring (bicyclic) bond motifs is 3. The standard InChI is InChI=1S/C17H13N3O2S/c1-10-3-5-13(11(2)7-10)14-9-19-15-6-4-12(20(21)22)8-16(15)23-17(19)18-14/h3-9H,1-2H3. The summed E-state index contributed by atoms with van der Waals surface area (Å²) in [6.07, 6.45) is 2.00. The number of hydrogen-bond donors (Lipinski definition) is 0. The molecule has 6 heteroatoms. The average molecular weight is 323 g/mol. The number of non-ortho nitro benzene ring substituents is 1. The zero-order valence-electron chi connectivity index (χ0n) is 12.6. The van der Waals surface area contributed by atoms with Gasteiger partial charge in [0.2, 0.25) is 0 Å². The number of nitro groups is 1. The number of nitro benzene ring substituents is 1. The molecule has 23 heavy (non-hydrogen) atoms. The van der Waals surface area contributed by atoms with Gasteiger partial charge < -0.3 is 0 Å². The molecule has 0 spiro atoms. The lowest BCUT2D eigenvalue weighted by Gasteiger charge is -2.03. The van der Waals surface area contributed by atoms with Gasteiger partial charge in [0, 0.05) is 23.9 Å². The van der Waals surface area contributed by atoms with E-state index in [1.54, 1.807) is 12.1 Å². The Labute approximate surface area is 136 Å². The normalized spacial score (nSPS) is 11.4. The van der Waals surface area contributed by atoms with E-state index in [2.05, 4.69) is 32.0 Å². The number of aromatic nitrogens is 2. The van der Waals surface area contributed by atoms with Crippen molar-refractivity contribution in [3.63, 3.8) is 0 Å². The molecule has 0 bridgehead atoms. The van der Waals surface area contributed by atoms with Gasteiger partial charge in [-0.25, -0.2) is 4.98 Å². The number of imidazole rings is 1. The highest BCUT2D eigenvalue weighted by atomic mass is 32.1. The molecular formula is C17H13N3O2S. The van der Waals surface area contributed by atoms with Crippen molar-refractivity contribution < 1.29 is 4.92 Å². The summed E-state index contributed by atoms with van der Waals surface area (Å²) in [6.45, 7) is 4.15. The Balaban J connectivity index is 1.90. The van der Waals surface area contributed by atoms with Crippen LogP contribution in [0.25, 0.3) is 26.4 Å². The number of rotatable bonds is 2. The van der Waals surface area contributed by atoms with E-state index in [4.69, 9.17) is 4.98 Å². The van der Waals surface area contributed by atoms with E-state index >= 15 is 0 Å². The lowest BCUT2D eigenvalue weighted by molar-refractivity contribution is -0.384. The van der Waals surface area contributed by atoms with Gasteiger partial charge in [-0.1, -0.05) is 35.1 Å². The summed E-state index contributed by atoms with van der Waals surface area (Å²) in [5.74, 6) is 0. The second kappa shape index (κ2) is 4.89. The average Bonchev–Trinajstić information content (AvgIpc) is 3.03. The first-order chi connectivity index (χ1) is 11.0. The second-order valence-electron chi connectivity index (χ2n) is 5.61. The Morgan fingerprint density at radius 3 is 2.74 bits per heavy atom. The van der Waals surface area contributed by atoms with Crippen LogP contribution in [0.1, 0.15) is 11.1 Å². The summed E-state index contributed by atoms with van der Waals surface area (Å²) in [5.41, 5.74) is 5.51. The minimum Gasteiger partial charge on any atom is -0.290 e. The Morgan fingerprint density at radius 2 is 2.00 bits per heavy atom. The van der Waals surface area contributed by atoms with Gasteiger partial charge >= 0.3 is 0 Å². The maximum absolute atomic E-state index is 10.9. The molecule has 0 saturated carbocycles. The van der Waals surface area contributed by atoms with Gasteiger partial charge in [-0.05, 0) is 25.5 Å². The molecule has 0 N–H and O–H groups in total.